The number of hydrogen-bond acceptors (Lipinski definition) is 5. The molecule has 0 spiro atoms. The molecule has 6 heteroatoms. The van der Waals surface area contributed by atoms with E-state index in [-0.39, 0.29) is 30.0 Å². The summed E-state index contributed by atoms with van der Waals surface area (Å²) in [5.41, 5.74) is 5.07. The van der Waals surface area contributed by atoms with Crippen LogP contribution in [0.5, 0.6) is 17.2 Å². The summed E-state index contributed by atoms with van der Waals surface area (Å²) in [6.45, 7) is 0.119. The Balaban J connectivity index is 3.34. The van der Waals surface area contributed by atoms with Gasteiger partial charge >= 0.3 is 0 Å². The molecule has 0 unspecified atom stereocenters. The first-order valence-corrected chi connectivity index (χ1v) is 4.93. The minimum absolute atomic E-state index is 0.0164. The van der Waals surface area contributed by atoms with E-state index < -0.39 is 17.3 Å². The molecular weight excluding hydrogens is 229 g/mol. The summed E-state index contributed by atoms with van der Waals surface area (Å²) < 4.78 is 23.3. The molecule has 0 fully saturated rings. The molecule has 0 aliphatic carbocycles. The maximum Gasteiger partial charge on any atom is 0.211 e. The van der Waals surface area contributed by atoms with Crippen molar-refractivity contribution in [2.45, 2.75) is 6.42 Å². The van der Waals surface area contributed by atoms with Crippen LogP contribution in [0.2, 0.25) is 0 Å². The van der Waals surface area contributed by atoms with Gasteiger partial charge in [0.05, 0.1) is 19.8 Å². The van der Waals surface area contributed by atoms with Crippen LogP contribution in [0.1, 0.15) is 16.8 Å². The Morgan fingerprint density at radius 2 is 2.12 bits per heavy atom. The van der Waals surface area contributed by atoms with Crippen LogP contribution >= 0.6 is 0 Å². The summed E-state index contributed by atoms with van der Waals surface area (Å²) in [7, 11) is 2.55. The summed E-state index contributed by atoms with van der Waals surface area (Å²) in [6, 6.07) is 1.23. The van der Waals surface area contributed by atoms with Gasteiger partial charge in [-0.25, -0.2) is 0 Å². The van der Waals surface area contributed by atoms with Gasteiger partial charge in [-0.1, -0.05) is 0 Å². The van der Waals surface area contributed by atoms with Crippen molar-refractivity contribution in [1.29, 1.82) is 0 Å². The fourth-order valence-corrected chi connectivity index (χ4v) is 1.42. The Labute approximate surface area is 97.9 Å². The van der Waals surface area contributed by atoms with E-state index in [0.717, 1.165) is 0 Å². The summed E-state index contributed by atoms with van der Waals surface area (Å²) in [5.74, 6) is -2.42. The molecule has 0 amide bonds. The van der Waals surface area contributed by atoms with Crippen molar-refractivity contribution in [3.05, 3.63) is 17.4 Å². The average molecular weight is 243 g/mol. The summed E-state index contributed by atoms with van der Waals surface area (Å²) >= 11 is 0. The Morgan fingerprint density at radius 3 is 2.59 bits per heavy atom. The summed E-state index contributed by atoms with van der Waals surface area (Å²) in [5, 5.41) is 9.55. The van der Waals surface area contributed by atoms with Crippen LogP contribution in [0, 0.1) is 5.82 Å². The number of aromatic hydroxyl groups is 1. The van der Waals surface area contributed by atoms with E-state index in [4.69, 9.17) is 15.2 Å². The van der Waals surface area contributed by atoms with Crippen LogP contribution in [-0.4, -0.2) is 31.7 Å². The number of phenols is 1. The highest BCUT2D eigenvalue weighted by molar-refractivity contribution is 5.99. The Morgan fingerprint density at radius 1 is 1.47 bits per heavy atom. The largest absolute Gasteiger partial charge is 0.504 e. The molecule has 3 N–H and O–H groups in total. The molecule has 1 aromatic rings. The number of carbonyl (C=O) groups excluding carboxylic acids is 1. The molecular formula is C11H14FNO4. The van der Waals surface area contributed by atoms with Crippen molar-refractivity contribution >= 4 is 5.78 Å². The second kappa shape index (κ2) is 5.49. The number of rotatable bonds is 5. The predicted octanol–water partition coefficient (Wildman–Crippen LogP) is 1.08. The SMILES string of the molecule is COc1cc(C(=O)CCN)c(O)c(F)c1OC. The highest BCUT2D eigenvalue weighted by atomic mass is 19.1. The quantitative estimate of drug-likeness (QED) is 0.756. The lowest BCUT2D eigenvalue weighted by atomic mass is 10.1. The van der Waals surface area contributed by atoms with Crippen molar-refractivity contribution in [3.8, 4) is 17.2 Å². The molecule has 0 aromatic heterocycles. The number of hydrogen-bond donors (Lipinski definition) is 2. The van der Waals surface area contributed by atoms with E-state index >= 15 is 0 Å². The molecule has 1 aromatic carbocycles. The Kier molecular flexibility index (Phi) is 4.28. The monoisotopic (exact) mass is 243 g/mol. The van der Waals surface area contributed by atoms with E-state index in [9.17, 15) is 14.3 Å². The predicted molar refractivity (Wildman–Crippen MR) is 59.2 cm³/mol. The number of ether oxygens (including phenoxy) is 2. The third-order valence-corrected chi connectivity index (χ3v) is 2.26. The van der Waals surface area contributed by atoms with Gasteiger partial charge in [0.2, 0.25) is 11.6 Å². The molecule has 0 saturated heterocycles. The van der Waals surface area contributed by atoms with Gasteiger partial charge in [0.25, 0.3) is 0 Å². The van der Waals surface area contributed by atoms with Crippen LogP contribution in [0.15, 0.2) is 6.07 Å². The van der Waals surface area contributed by atoms with Crippen LogP contribution in [0.3, 0.4) is 0 Å². The molecule has 0 heterocycles. The zero-order valence-electron chi connectivity index (χ0n) is 9.62. The highest BCUT2D eigenvalue weighted by Crippen LogP contribution is 2.38. The lowest BCUT2D eigenvalue weighted by Crippen LogP contribution is -2.09. The van der Waals surface area contributed by atoms with Crippen molar-refractivity contribution < 1.29 is 23.8 Å². The number of nitrogens with two attached hydrogens (primary N) is 1. The van der Waals surface area contributed by atoms with Crippen LogP contribution in [-0.2, 0) is 0 Å². The summed E-state index contributed by atoms with van der Waals surface area (Å²) in [4.78, 5) is 11.6. The van der Waals surface area contributed by atoms with Crippen molar-refractivity contribution in [2.75, 3.05) is 20.8 Å². The van der Waals surface area contributed by atoms with Gasteiger partial charge in [-0.15, -0.1) is 0 Å². The van der Waals surface area contributed by atoms with E-state index in [2.05, 4.69) is 0 Å². The average Bonchev–Trinajstić information content (AvgIpc) is 2.32. The molecule has 0 radical (unpaired) electrons. The number of phenolic OH excluding ortho intramolecular Hbond substituents is 1. The second-order valence-electron chi connectivity index (χ2n) is 3.28. The first kappa shape index (κ1) is 13.2. The zero-order chi connectivity index (χ0) is 13.0. The summed E-state index contributed by atoms with van der Waals surface area (Å²) in [6.07, 6.45) is 0.0164. The zero-order valence-corrected chi connectivity index (χ0v) is 9.62. The molecule has 17 heavy (non-hydrogen) atoms. The smallest absolute Gasteiger partial charge is 0.211 e. The standard InChI is InChI=1S/C11H14FNO4/c1-16-8-5-6(7(14)3-4-13)10(15)9(12)11(8)17-2/h5,15H,3-4,13H2,1-2H3. The Bertz CT molecular complexity index is 434. The number of methoxy groups -OCH3 is 2. The number of ketones is 1. The fraction of sp³-hybridized carbons (Fsp3) is 0.364. The number of halogens is 1. The van der Waals surface area contributed by atoms with Crippen LogP contribution in [0.25, 0.3) is 0 Å². The van der Waals surface area contributed by atoms with Crippen LogP contribution in [0.4, 0.5) is 4.39 Å². The van der Waals surface area contributed by atoms with Crippen LogP contribution < -0.4 is 15.2 Å². The van der Waals surface area contributed by atoms with Crippen molar-refractivity contribution in [1.82, 2.24) is 0 Å². The van der Waals surface area contributed by atoms with E-state index in [1.165, 1.54) is 20.3 Å². The van der Waals surface area contributed by atoms with Gasteiger partial charge in [-0.2, -0.15) is 4.39 Å². The van der Waals surface area contributed by atoms with Gasteiger partial charge in [0.15, 0.2) is 17.3 Å². The van der Waals surface area contributed by atoms with Gasteiger partial charge in [-0.3, -0.25) is 4.79 Å². The van der Waals surface area contributed by atoms with E-state index in [0.29, 0.717) is 0 Å². The first-order chi connectivity index (χ1) is 8.06. The molecule has 94 valence electrons. The first-order valence-electron chi connectivity index (χ1n) is 4.93. The lowest BCUT2D eigenvalue weighted by Gasteiger charge is -2.12. The van der Waals surface area contributed by atoms with Crippen molar-refractivity contribution in [2.24, 2.45) is 5.73 Å². The molecule has 1 rings (SSSR count). The topological polar surface area (TPSA) is 81.8 Å². The molecule has 0 atom stereocenters. The maximum absolute atomic E-state index is 13.7. The molecule has 0 saturated carbocycles. The molecule has 0 aliphatic heterocycles. The molecule has 5 nitrogen and oxygen atoms in total. The van der Waals surface area contributed by atoms with Crippen molar-refractivity contribution in [3.63, 3.8) is 0 Å². The number of Topliss-reactive ketones (excluding diaryl/α,β-unsaturated/α-hetero) is 1. The van der Waals surface area contributed by atoms with Gasteiger partial charge in [-0.05, 0) is 12.6 Å². The third-order valence-electron chi connectivity index (χ3n) is 2.26. The molecule has 0 bridgehead atoms. The third kappa shape index (κ3) is 2.47. The highest BCUT2D eigenvalue weighted by Gasteiger charge is 2.22. The second-order valence-corrected chi connectivity index (χ2v) is 3.28. The fourth-order valence-electron chi connectivity index (χ4n) is 1.42. The van der Waals surface area contributed by atoms with E-state index in [1.807, 2.05) is 0 Å². The minimum atomic E-state index is -1.02. The van der Waals surface area contributed by atoms with E-state index in [1.54, 1.807) is 0 Å². The molecule has 0 aliphatic rings. The minimum Gasteiger partial charge on any atom is -0.504 e. The van der Waals surface area contributed by atoms with Gasteiger partial charge in [0.1, 0.15) is 0 Å². The lowest BCUT2D eigenvalue weighted by molar-refractivity contribution is 0.0981. The number of benzene rings is 1. The van der Waals surface area contributed by atoms with Gasteiger partial charge < -0.3 is 20.3 Å². The van der Waals surface area contributed by atoms with Gasteiger partial charge in [0, 0.05) is 6.42 Å². The number of carbonyl (C=O) groups is 1. The Hall–Kier alpha value is -1.82. The normalized spacial score (nSPS) is 10.1. The maximum atomic E-state index is 13.7.